The van der Waals surface area contributed by atoms with Crippen molar-refractivity contribution in [1.29, 1.82) is 0 Å². The Morgan fingerprint density at radius 1 is 1.00 bits per heavy atom. The zero-order valence-electron chi connectivity index (χ0n) is 10.9. The van der Waals surface area contributed by atoms with Crippen LogP contribution >= 0.6 is 0 Å². The van der Waals surface area contributed by atoms with E-state index in [1.165, 1.54) is 0 Å². The maximum absolute atomic E-state index is 4.59. The maximum Gasteiger partial charge on any atom is 0.176 e. The van der Waals surface area contributed by atoms with Gasteiger partial charge in [0.15, 0.2) is 5.82 Å². The minimum absolute atomic E-state index is 0.697. The van der Waals surface area contributed by atoms with Crippen LogP contribution in [0.4, 0.5) is 0 Å². The van der Waals surface area contributed by atoms with E-state index in [0.29, 0.717) is 5.82 Å². The van der Waals surface area contributed by atoms with E-state index >= 15 is 0 Å². The molecule has 0 fully saturated rings. The van der Waals surface area contributed by atoms with Crippen LogP contribution < -0.4 is 0 Å². The number of aromatic amines is 1. The van der Waals surface area contributed by atoms with Crippen LogP contribution in [0.15, 0.2) is 42.7 Å². The molecule has 3 rings (SSSR count). The lowest BCUT2D eigenvalue weighted by molar-refractivity contribution is 1.10. The average molecular weight is 250 g/mol. The highest BCUT2D eigenvalue weighted by atomic mass is 14.9. The van der Waals surface area contributed by atoms with Gasteiger partial charge in [0.2, 0.25) is 0 Å². The fourth-order valence-electron chi connectivity index (χ4n) is 2.07. The third-order valence-corrected chi connectivity index (χ3v) is 3.00. The van der Waals surface area contributed by atoms with Gasteiger partial charge in [-0.2, -0.15) is 0 Å². The third-order valence-electron chi connectivity index (χ3n) is 3.00. The van der Waals surface area contributed by atoms with Crippen molar-refractivity contribution in [2.45, 2.75) is 13.8 Å². The van der Waals surface area contributed by atoms with Crippen LogP contribution in [0.5, 0.6) is 0 Å². The Morgan fingerprint density at radius 3 is 2.63 bits per heavy atom. The van der Waals surface area contributed by atoms with Crippen molar-refractivity contribution in [2.75, 3.05) is 0 Å². The van der Waals surface area contributed by atoms with Gasteiger partial charge < -0.3 is 4.98 Å². The van der Waals surface area contributed by atoms with Gasteiger partial charge in [-0.1, -0.05) is 0 Å². The molecule has 0 aliphatic heterocycles. The van der Waals surface area contributed by atoms with Gasteiger partial charge in [-0.3, -0.25) is 4.98 Å². The maximum atomic E-state index is 4.59. The third kappa shape index (κ3) is 2.25. The predicted molar refractivity (Wildman–Crippen MR) is 74.5 cm³/mol. The zero-order valence-corrected chi connectivity index (χ0v) is 10.9. The summed E-state index contributed by atoms with van der Waals surface area (Å²) in [5.41, 5.74) is 4.85. The Bertz CT molecular complexity index is 702. The SMILES string of the molecule is Cc1ccc(-c2ccnc(-c3ccc[nH]3)n2)c(C)n1. The molecule has 0 saturated heterocycles. The Kier molecular flexibility index (Phi) is 2.83. The van der Waals surface area contributed by atoms with Gasteiger partial charge in [-0.15, -0.1) is 0 Å². The zero-order chi connectivity index (χ0) is 13.2. The largest absolute Gasteiger partial charge is 0.359 e. The van der Waals surface area contributed by atoms with E-state index < -0.39 is 0 Å². The molecule has 4 heteroatoms. The topological polar surface area (TPSA) is 54.5 Å². The standard InChI is InChI=1S/C15H14N4/c1-10-5-6-12(11(2)18-10)13-7-9-17-15(19-13)14-4-3-8-16-14/h3-9,16H,1-2H3. The molecule has 0 bridgehead atoms. The highest BCUT2D eigenvalue weighted by molar-refractivity contribution is 5.64. The number of aryl methyl sites for hydroxylation is 2. The van der Waals surface area contributed by atoms with Crippen molar-refractivity contribution in [2.24, 2.45) is 0 Å². The number of hydrogen-bond donors (Lipinski definition) is 1. The highest BCUT2D eigenvalue weighted by Crippen LogP contribution is 2.22. The summed E-state index contributed by atoms with van der Waals surface area (Å²) in [4.78, 5) is 16.5. The van der Waals surface area contributed by atoms with Crippen molar-refractivity contribution in [1.82, 2.24) is 19.9 Å². The molecule has 0 atom stereocenters. The summed E-state index contributed by atoms with van der Waals surface area (Å²) in [6, 6.07) is 9.85. The van der Waals surface area contributed by atoms with E-state index in [-0.39, 0.29) is 0 Å². The summed E-state index contributed by atoms with van der Waals surface area (Å²) in [5.74, 6) is 0.697. The summed E-state index contributed by atoms with van der Waals surface area (Å²) in [6.45, 7) is 3.99. The number of pyridine rings is 1. The molecule has 0 unspecified atom stereocenters. The first kappa shape index (κ1) is 11.6. The summed E-state index contributed by atoms with van der Waals surface area (Å²) < 4.78 is 0. The second-order valence-corrected chi connectivity index (χ2v) is 4.43. The lowest BCUT2D eigenvalue weighted by Gasteiger charge is -2.06. The molecular formula is C15H14N4. The molecule has 3 aromatic rings. The first-order valence-electron chi connectivity index (χ1n) is 6.15. The molecule has 0 amide bonds. The minimum Gasteiger partial charge on any atom is -0.359 e. The molecule has 0 radical (unpaired) electrons. The van der Waals surface area contributed by atoms with E-state index in [9.17, 15) is 0 Å². The second-order valence-electron chi connectivity index (χ2n) is 4.43. The number of rotatable bonds is 2. The van der Waals surface area contributed by atoms with Gasteiger partial charge in [0, 0.05) is 29.3 Å². The van der Waals surface area contributed by atoms with Crippen LogP contribution in [-0.4, -0.2) is 19.9 Å². The van der Waals surface area contributed by atoms with Crippen molar-refractivity contribution >= 4 is 0 Å². The van der Waals surface area contributed by atoms with Gasteiger partial charge >= 0.3 is 0 Å². The molecule has 1 N–H and O–H groups in total. The molecule has 19 heavy (non-hydrogen) atoms. The van der Waals surface area contributed by atoms with Crippen LogP contribution in [0.2, 0.25) is 0 Å². The number of nitrogens with one attached hydrogen (secondary N) is 1. The van der Waals surface area contributed by atoms with Crippen LogP contribution in [0.25, 0.3) is 22.8 Å². The van der Waals surface area contributed by atoms with E-state index in [1.807, 2.05) is 44.3 Å². The number of aromatic nitrogens is 4. The number of hydrogen-bond acceptors (Lipinski definition) is 3. The molecule has 0 aromatic carbocycles. The van der Waals surface area contributed by atoms with Crippen molar-refractivity contribution in [3.8, 4) is 22.8 Å². The predicted octanol–water partition coefficient (Wildman–Crippen LogP) is 3.15. The van der Waals surface area contributed by atoms with Gasteiger partial charge in [0.25, 0.3) is 0 Å². The summed E-state index contributed by atoms with van der Waals surface area (Å²) in [6.07, 6.45) is 3.64. The molecule has 0 saturated carbocycles. The van der Waals surface area contributed by atoms with Gasteiger partial charge in [0.1, 0.15) is 0 Å². The lowest BCUT2D eigenvalue weighted by Crippen LogP contribution is -1.95. The Hall–Kier alpha value is -2.49. The highest BCUT2D eigenvalue weighted by Gasteiger charge is 2.08. The average Bonchev–Trinajstić information content (AvgIpc) is 2.93. The van der Waals surface area contributed by atoms with Crippen LogP contribution in [-0.2, 0) is 0 Å². The van der Waals surface area contributed by atoms with Crippen LogP contribution in [0.1, 0.15) is 11.4 Å². The van der Waals surface area contributed by atoms with Crippen molar-refractivity contribution in [3.63, 3.8) is 0 Å². The molecule has 0 aliphatic rings. The smallest absolute Gasteiger partial charge is 0.176 e. The van der Waals surface area contributed by atoms with Crippen LogP contribution in [0, 0.1) is 13.8 Å². The van der Waals surface area contributed by atoms with Crippen molar-refractivity contribution < 1.29 is 0 Å². The lowest BCUT2D eigenvalue weighted by atomic mass is 10.1. The van der Waals surface area contributed by atoms with E-state index in [2.05, 4.69) is 26.0 Å². The Balaban J connectivity index is 2.08. The Morgan fingerprint density at radius 2 is 1.89 bits per heavy atom. The Labute approximate surface area is 111 Å². The fourth-order valence-corrected chi connectivity index (χ4v) is 2.07. The molecule has 94 valence electrons. The molecular weight excluding hydrogens is 236 g/mol. The first-order valence-corrected chi connectivity index (χ1v) is 6.15. The first-order chi connectivity index (χ1) is 9.24. The van der Waals surface area contributed by atoms with Crippen molar-refractivity contribution in [3.05, 3.63) is 54.1 Å². The molecule has 3 heterocycles. The fraction of sp³-hybridized carbons (Fsp3) is 0.133. The van der Waals surface area contributed by atoms with Gasteiger partial charge in [-0.05, 0) is 44.2 Å². The quantitative estimate of drug-likeness (QED) is 0.760. The summed E-state index contributed by atoms with van der Waals surface area (Å²) in [7, 11) is 0. The van der Waals surface area contributed by atoms with Crippen LogP contribution in [0.3, 0.4) is 0 Å². The minimum atomic E-state index is 0.697. The summed E-state index contributed by atoms with van der Waals surface area (Å²) in [5, 5.41) is 0. The monoisotopic (exact) mass is 250 g/mol. The summed E-state index contributed by atoms with van der Waals surface area (Å²) >= 11 is 0. The van der Waals surface area contributed by atoms with E-state index in [1.54, 1.807) is 6.20 Å². The number of nitrogens with zero attached hydrogens (tertiary/aromatic N) is 3. The number of H-pyrrole nitrogens is 1. The van der Waals surface area contributed by atoms with E-state index in [0.717, 1.165) is 28.3 Å². The van der Waals surface area contributed by atoms with Gasteiger partial charge in [0.05, 0.1) is 11.4 Å². The van der Waals surface area contributed by atoms with Gasteiger partial charge in [-0.25, -0.2) is 9.97 Å². The normalized spacial score (nSPS) is 10.6. The van der Waals surface area contributed by atoms with E-state index in [4.69, 9.17) is 0 Å². The molecule has 3 aromatic heterocycles. The molecule has 0 spiro atoms. The second kappa shape index (κ2) is 4.65. The molecule has 4 nitrogen and oxygen atoms in total. The molecule has 0 aliphatic carbocycles.